The van der Waals surface area contributed by atoms with Crippen molar-refractivity contribution in [1.82, 2.24) is 4.98 Å². The van der Waals surface area contributed by atoms with E-state index >= 15 is 0 Å². The van der Waals surface area contributed by atoms with Crippen LogP contribution in [-0.2, 0) is 4.74 Å². The molecule has 0 aliphatic carbocycles. The number of hydrogen-bond donors (Lipinski definition) is 0. The Balaban J connectivity index is 2.48. The van der Waals surface area contributed by atoms with E-state index in [1.807, 2.05) is 0 Å². The molecule has 7 heteroatoms. The highest BCUT2D eigenvalue weighted by atomic mass is 32.1. The van der Waals surface area contributed by atoms with Gasteiger partial charge in [-0.1, -0.05) is 23.5 Å². The molecule has 0 aliphatic rings. The highest BCUT2D eigenvalue weighted by Crippen LogP contribution is 2.32. The van der Waals surface area contributed by atoms with Crippen molar-refractivity contribution >= 4 is 33.9 Å². The lowest BCUT2D eigenvalue weighted by Crippen LogP contribution is -2.12. The van der Waals surface area contributed by atoms with Gasteiger partial charge in [0.2, 0.25) is 0 Å². The van der Waals surface area contributed by atoms with Crippen molar-refractivity contribution in [1.29, 1.82) is 0 Å². The van der Waals surface area contributed by atoms with Crippen LogP contribution in [0.15, 0.2) is 24.3 Å². The number of anilines is 2. The number of aromatic nitrogens is 1. The molecule has 1 aromatic heterocycles. The second kappa shape index (κ2) is 6.01. The number of benzene rings is 1. The smallest absolute Gasteiger partial charge is 0.358 e. The van der Waals surface area contributed by atoms with Crippen molar-refractivity contribution < 1.29 is 18.7 Å². The van der Waals surface area contributed by atoms with E-state index in [0.29, 0.717) is 10.8 Å². The van der Waals surface area contributed by atoms with Crippen LogP contribution >= 0.6 is 11.3 Å². The number of Topliss-reactive ketones (excluding diaryl/α,β-unsaturated/α-hetero) is 1. The van der Waals surface area contributed by atoms with E-state index in [2.05, 4.69) is 9.72 Å². The van der Waals surface area contributed by atoms with Crippen LogP contribution in [0.25, 0.3) is 0 Å². The van der Waals surface area contributed by atoms with Gasteiger partial charge >= 0.3 is 5.97 Å². The summed E-state index contributed by atoms with van der Waals surface area (Å²) >= 11 is 1.02. The number of carbonyl (C=O) groups is 2. The number of methoxy groups -OCH3 is 1. The normalized spacial score (nSPS) is 10.3. The minimum atomic E-state index is -0.690. The molecule has 21 heavy (non-hydrogen) atoms. The summed E-state index contributed by atoms with van der Waals surface area (Å²) in [5.41, 5.74) is 0.256. The van der Waals surface area contributed by atoms with E-state index in [4.69, 9.17) is 0 Å². The van der Waals surface area contributed by atoms with Gasteiger partial charge in [-0.3, -0.25) is 4.79 Å². The molecule has 5 nitrogen and oxygen atoms in total. The maximum absolute atomic E-state index is 13.8. The van der Waals surface area contributed by atoms with Crippen molar-refractivity contribution in [2.45, 2.75) is 6.92 Å². The lowest BCUT2D eigenvalue weighted by Gasteiger charge is -2.16. The summed E-state index contributed by atoms with van der Waals surface area (Å²) in [5.74, 6) is -1.40. The van der Waals surface area contributed by atoms with Crippen LogP contribution < -0.4 is 4.90 Å². The van der Waals surface area contributed by atoms with E-state index in [1.54, 1.807) is 25.2 Å². The van der Waals surface area contributed by atoms with E-state index < -0.39 is 11.8 Å². The Morgan fingerprint density at radius 2 is 2.00 bits per heavy atom. The predicted molar refractivity (Wildman–Crippen MR) is 77.9 cm³/mol. The van der Waals surface area contributed by atoms with Crippen molar-refractivity contribution in [2.24, 2.45) is 0 Å². The van der Waals surface area contributed by atoms with Crippen LogP contribution in [0, 0.1) is 5.82 Å². The number of hydrogen-bond acceptors (Lipinski definition) is 6. The second-order valence-corrected chi connectivity index (χ2v) is 5.21. The van der Waals surface area contributed by atoms with Crippen LogP contribution in [-0.4, -0.2) is 30.9 Å². The minimum absolute atomic E-state index is 0.0480. The lowest BCUT2D eigenvalue weighted by molar-refractivity contribution is 0.0591. The summed E-state index contributed by atoms with van der Waals surface area (Å²) in [6.45, 7) is 1.34. The topological polar surface area (TPSA) is 59.5 Å². The first kappa shape index (κ1) is 15.1. The molecule has 0 radical (unpaired) electrons. The number of carbonyl (C=O) groups excluding carboxylic acids is 2. The molecule has 0 bridgehead atoms. The Morgan fingerprint density at radius 1 is 1.33 bits per heavy atom. The van der Waals surface area contributed by atoms with Gasteiger partial charge in [0.1, 0.15) is 10.7 Å². The van der Waals surface area contributed by atoms with Crippen LogP contribution in [0.4, 0.5) is 15.2 Å². The standard InChI is InChI=1S/C14H13FN2O3S/c1-8(18)12-11(13(19)20-3)16-14(21-12)17(2)10-7-5-4-6-9(10)15/h4-7H,1-3H3. The summed E-state index contributed by atoms with van der Waals surface area (Å²) in [6.07, 6.45) is 0. The van der Waals surface area contributed by atoms with Gasteiger partial charge in [-0.25, -0.2) is 14.2 Å². The average molecular weight is 308 g/mol. The quantitative estimate of drug-likeness (QED) is 0.642. The number of rotatable bonds is 4. The zero-order valence-corrected chi connectivity index (χ0v) is 12.5. The number of esters is 1. The van der Waals surface area contributed by atoms with Crippen LogP contribution in [0.2, 0.25) is 0 Å². The highest BCUT2D eigenvalue weighted by Gasteiger charge is 2.24. The Labute approximate surface area is 125 Å². The molecule has 0 spiro atoms. The number of ether oxygens (including phenoxy) is 1. The number of ketones is 1. The second-order valence-electron chi connectivity index (χ2n) is 4.23. The van der Waals surface area contributed by atoms with Crippen LogP contribution in [0.1, 0.15) is 27.1 Å². The van der Waals surface area contributed by atoms with Gasteiger partial charge in [-0.05, 0) is 12.1 Å². The molecule has 0 N–H and O–H groups in total. The molecule has 0 amide bonds. The Bertz CT molecular complexity index is 699. The molecule has 1 heterocycles. The summed E-state index contributed by atoms with van der Waals surface area (Å²) < 4.78 is 18.4. The lowest BCUT2D eigenvalue weighted by atomic mass is 10.3. The fraction of sp³-hybridized carbons (Fsp3) is 0.214. The Hall–Kier alpha value is -2.28. The molecule has 0 aliphatic heterocycles. The maximum atomic E-state index is 13.8. The first-order valence-corrected chi connectivity index (χ1v) is 6.85. The summed E-state index contributed by atoms with van der Waals surface area (Å²) in [4.78, 5) is 29.0. The largest absolute Gasteiger partial charge is 0.464 e. The Kier molecular flexibility index (Phi) is 4.32. The maximum Gasteiger partial charge on any atom is 0.358 e. The van der Waals surface area contributed by atoms with Crippen molar-refractivity contribution in [3.05, 3.63) is 40.7 Å². The molecule has 1 aromatic carbocycles. The zero-order chi connectivity index (χ0) is 15.6. The molecular weight excluding hydrogens is 295 g/mol. The van der Waals surface area contributed by atoms with Gasteiger partial charge in [0.05, 0.1) is 12.8 Å². The Morgan fingerprint density at radius 3 is 2.57 bits per heavy atom. The van der Waals surface area contributed by atoms with Gasteiger partial charge in [0.25, 0.3) is 0 Å². The monoisotopic (exact) mass is 308 g/mol. The molecule has 0 unspecified atom stereocenters. The fourth-order valence-corrected chi connectivity index (χ4v) is 2.68. The third-order valence-electron chi connectivity index (χ3n) is 2.82. The van der Waals surface area contributed by atoms with Gasteiger partial charge in [0.15, 0.2) is 16.6 Å². The van der Waals surface area contributed by atoms with Crippen molar-refractivity contribution in [2.75, 3.05) is 19.1 Å². The third-order valence-corrected chi connectivity index (χ3v) is 4.05. The molecule has 2 aromatic rings. The van der Waals surface area contributed by atoms with Gasteiger partial charge in [-0.2, -0.15) is 0 Å². The summed E-state index contributed by atoms with van der Waals surface area (Å²) in [5, 5.41) is 0.339. The average Bonchev–Trinajstić information content (AvgIpc) is 2.91. The predicted octanol–water partition coefficient (Wildman–Crippen LogP) is 3.04. The van der Waals surface area contributed by atoms with E-state index in [0.717, 1.165) is 11.3 Å². The molecule has 110 valence electrons. The zero-order valence-electron chi connectivity index (χ0n) is 11.7. The highest BCUT2D eigenvalue weighted by molar-refractivity contribution is 7.17. The SMILES string of the molecule is COC(=O)c1nc(N(C)c2ccccc2F)sc1C(C)=O. The molecule has 2 rings (SSSR count). The van der Waals surface area contributed by atoms with E-state index in [9.17, 15) is 14.0 Å². The number of nitrogens with zero attached hydrogens (tertiary/aromatic N) is 2. The van der Waals surface area contributed by atoms with Gasteiger partial charge in [0, 0.05) is 14.0 Å². The summed E-state index contributed by atoms with van der Waals surface area (Å²) in [6, 6.07) is 6.18. The molecule has 0 saturated heterocycles. The number of para-hydroxylation sites is 1. The van der Waals surface area contributed by atoms with Crippen LogP contribution in [0.3, 0.4) is 0 Å². The first-order chi connectivity index (χ1) is 9.95. The first-order valence-electron chi connectivity index (χ1n) is 6.04. The molecule has 0 saturated carbocycles. The number of halogens is 1. The van der Waals surface area contributed by atoms with E-state index in [-0.39, 0.29) is 16.4 Å². The number of thiazole rings is 1. The minimum Gasteiger partial charge on any atom is -0.464 e. The van der Waals surface area contributed by atoms with Gasteiger partial charge < -0.3 is 9.64 Å². The summed E-state index contributed by atoms with van der Waals surface area (Å²) in [7, 11) is 2.83. The van der Waals surface area contributed by atoms with Crippen LogP contribution in [0.5, 0.6) is 0 Å². The molecule has 0 fully saturated rings. The van der Waals surface area contributed by atoms with Crippen molar-refractivity contribution in [3.8, 4) is 0 Å². The van der Waals surface area contributed by atoms with E-state index in [1.165, 1.54) is 25.0 Å². The third kappa shape index (κ3) is 2.92. The van der Waals surface area contributed by atoms with Gasteiger partial charge in [-0.15, -0.1) is 0 Å². The van der Waals surface area contributed by atoms with Crippen molar-refractivity contribution in [3.63, 3.8) is 0 Å². The fourth-order valence-electron chi connectivity index (χ4n) is 1.75. The molecular formula is C14H13FN2O3S. The molecule has 0 atom stereocenters.